The molecule has 1 saturated heterocycles. The van der Waals surface area contributed by atoms with E-state index in [0.717, 1.165) is 43.5 Å². The molecule has 1 fully saturated rings. The molecule has 0 amide bonds. The Bertz CT molecular complexity index is 530. The number of anilines is 1. The molecule has 2 heterocycles. The van der Waals surface area contributed by atoms with Crippen molar-refractivity contribution in [3.8, 4) is 5.69 Å². The topological polar surface area (TPSA) is 39.1 Å². The lowest BCUT2D eigenvalue weighted by molar-refractivity contribution is 0.187. The molecule has 19 heavy (non-hydrogen) atoms. The highest BCUT2D eigenvalue weighted by Gasteiger charge is 2.16. The summed E-state index contributed by atoms with van der Waals surface area (Å²) >= 11 is 0. The molecule has 0 bridgehead atoms. The summed E-state index contributed by atoms with van der Waals surface area (Å²) in [5, 5.41) is 3.45. The number of para-hydroxylation sites is 1. The summed E-state index contributed by atoms with van der Waals surface area (Å²) in [5.74, 6) is 1.51. The Balaban J connectivity index is 1.77. The molecule has 1 aliphatic rings. The lowest BCUT2D eigenvalue weighted by Gasteiger charge is -2.12. The molecular formula is C15H19N3O. The van der Waals surface area contributed by atoms with Crippen LogP contribution in [0.3, 0.4) is 0 Å². The largest absolute Gasteiger partial charge is 0.381 e. The summed E-state index contributed by atoms with van der Waals surface area (Å²) in [6, 6.07) is 10.3. The zero-order chi connectivity index (χ0) is 13.1. The molecule has 1 aromatic carbocycles. The standard InChI is InChI=1S/C15H19N3O/c1-12-10-18(14-5-3-2-4-6-14)15(17-12)16-9-13-7-8-19-11-13/h2-6,10,13H,7-9,11H2,1H3,(H,16,17). The van der Waals surface area contributed by atoms with Gasteiger partial charge in [0.15, 0.2) is 0 Å². The lowest BCUT2D eigenvalue weighted by Crippen LogP contribution is -2.16. The molecule has 1 aromatic heterocycles. The number of hydrogen-bond donors (Lipinski definition) is 1. The van der Waals surface area contributed by atoms with Gasteiger partial charge in [0.2, 0.25) is 5.95 Å². The van der Waals surface area contributed by atoms with Crippen molar-refractivity contribution in [2.45, 2.75) is 13.3 Å². The number of rotatable bonds is 4. The third kappa shape index (κ3) is 2.79. The second-order valence-electron chi connectivity index (χ2n) is 5.02. The van der Waals surface area contributed by atoms with Gasteiger partial charge < -0.3 is 10.1 Å². The molecule has 1 aliphatic heterocycles. The Labute approximate surface area is 113 Å². The zero-order valence-electron chi connectivity index (χ0n) is 11.2. The highest BCUT2D eigenvalue weighted by atomic mass is 16.5. The minimum absolute atomic E-state index is 0.598. The smallest absolute Gasteiger partial charge is 0.207 e. The summed E-state index contributed by atoms with van der Waals surface area (Å²) in [4.78, 5) is 4.56. The Kier molecular flexibility index (Phi) is 3.51. The van der Waals surface area contributed by atoms with E-state index < -0.39 is 0 Å². The number of ether oxygens (including phenoxy) is 1. The minimum Gasteiger partial charge on any atom is -0.381 e. The predicted octanol–water partition coefficient (Wildman–Crippen LogP) is 2.63. The van der Waals surface area contributed by atoms with E-state index in [2.05, 4.69) is 33.2 Å². The van der Waals surface area contributed by atoms with E-state index in [1.54, 1.807) is 0 Å². The molecule has 0 radical (unpaired) electrons. The molecule has 3 rings (SSSR count). The highest BCUT2D eigenvalue weighted by Crippen LogP contribution is 2.18. The summed E-state index contributed by atoms with van der Waals surface area (Å²) in [6.45, 7) is 4.68. The molecule has 1 unspecified atom stereocenters. The van der Waals surface area contributed by atoms with Crippen molar-refractivity contribution >= 4 is 5.95 Å². The van der Waals surface area contributed by atoms with E-state index in [1.165, 1.54) is 0 Å². The van der Waals surface area contributed by atoms with E-state index in [0.29, 0.717) is 5.92 Å². The summed E-state index contributed by atoms with van der Waals surface area (Å²) in [6.07, 6.45) is 3.20. The Morgan fingerprint density at radius 2 is 2.21 bits per heavy atom. The second kappa shape index (κ2) is 5.45. The highest BCUT2D eigenvalue weighted by molar-refractivity contribution is 5.42. The van der Waals surface area contributed by atoms with Crippen LogP contribution in [-0.4, -0.2) is 29.3 Å². The summed E-state index contributed by atoms with van der Waals surface area (Å²) in [5.41, 5.74) is 2.15. The van der Waals surface area contributed by atoms with Crippen molar-refractivity contribution in [3.05, 3.63) is 42.2 Å². The van der Waals surface area contributed by atoms with E-state index in [1.807, 2.05) is 25.1 Å². The van der Waals surface area contributed by atoms with Crippen LogP contribution in [-0.2, 0) is 4.74 Å². The van der Waals surface area contributed by atoms with Crippen molar-refractivity contribution in [3.63, 3.8) is 0 Å². The molecular weight excluding hydrogens is 238 g/mol. The van der Waals surface area contributed by atoms with Gasteiger partial charge in [0.05, 0.1) is 12.3 Å². The molecule has 4 heteroatoms. The van der Waals surface area contributed by atoms with Gasteiger partial charge in [0.25, 0.3) is 0 Å². The summed E-state index contributed by atoms with van der Waals surface area (Å²) in [7, 11) is 0. The normalized spacial score (nSPS) is 18.7. The first-order chi connectivity index (χ1) is 9.33. The molecule has 0 spiro atoms. The van der Waals surface area contributed by atoms with Crippen LogP contribution in [0.1, 0.15) is 12.1 Å². The fourth-order valence-corrected chi connectivity index (χ4v) is 2.39. The van der Waals surface area contributed by atoms with Gasteiger partial charge in [0, 0.05) is 31.0 Å². The number of imidazole rings is 1. The monoisotopic (exact) mass is 257 g/mol. The maximum absolute atomic E-state index is 5.40. The van der Waals surface area contributed by atoms with Gasteiger partial charge in [-0.05, 0) is 25.5 Å². The van der Waals surface area contributed by atoms with Crippen LogP contribution >= 0.6 is 0 Å². The van der Waals surface area contributed by atoms with Gasteiger partial charge in [-0.1, -0.05) is 18.2 Å². The third-order valence-electron chi connectivity index (χ3n) is 3.43. The predicted molar refractivity (Wildman–Crippen MR) is 75.7 cm³/mol. The van der Waals surface area contributed by atoms with Crippen LogP contribution in [0, 0.1) is 12.8 Å². The Morgan fingerprint density at radius 3 is 2.95 bits per heavy atom. The van der Waals surface area contributed by atoms with E-state index >= 15 is 0 Å². The first-order valence-electron chi connectivity index (χ1n) is 6.76. The Hall–Kier alpha value is -1.81. The van der Waals surface area contributed by atoms with Crippen LogP contribution in [0.4, 0.5) is 5.95 Å². The van der Waals surface area contributed by atoms with Crippen molar-refractivity contribution in [2.75, 3.05) is 25.1 Å². The first kappa shape index (κ1) is 12.2. The average Bonchev–Trinajstić information content (AvgIpc) is 3.06. The number of aryl methyl sites for hydroxylation is 1. The number of benzene rings is 1. The van der Waals surface area contributed by atoms with Crippen LogP contribution in [0.25, 0.3) is 5.69 Å². The van der Waals surface area contributed by atoms with Crippen molar-refractivity contribution in [1.82, 2.24) is 9.55 Å². The van der Waals surface area contributed by atoms with Gasteiger partial charge in [-0.25, -0.2) is 4.98 Å². The lowest BCUT2D eigenvalue weighted by atomic mass is 10.1. The SMILES string of the molecule is Cc1cn(-c2ccccc2)c(NCC2CCOC2)n1. The maximum Gasteiger partial charge on any atom is 0.207 e. The molecule has 1 atom stereocenters. The third-order valence-corrected chi connectivity index (χ3v) is 3.43. The fraction of sp³-hybridized carbons (Fsp3) is 0.400. The fourth-order valence-electron chi connectivity index (χ4n) is 2.39. The Morgan fingerprint density at radius 1 is 1.37 bits per heavy atom. The van der Waals surface area contributed by atoms with Crippen molar-refractivity contribution in [2.24, 2.45) is 5.92 Å². The van der Waals surface area contributed by atoms with Gasteiger partial charge in [-0.2, -0.15) is 0 Å². The van der Waals surface area contributed by atoms with Crippen LogP contribution in [0.5, 0.6) is 0 Å². The summed E-state index contributed by atoms with van der Waals surface area (Å²) < 4.78 is 7.50. The van der Waals surface area contributed by atoms with Gasteiger partial charge >= 0.3 is 0 Å². The first-order valence-corrected chi connectivity index (χ1v) is 6.76. The van der Waals surface area contributed by atoms with Crippen LogP contribution in [0.15, 0.2) is 36.5 Å². The van der Waals surface area contributed by atoms with Crippen LogP contribution in [0.2, 0.25) is 0 Å². The van der Waals surface area contributed by atoms with Gasteiger partial charge in [0.1, 0.15) is 0 Å². The molecule has 4 nitrogen and oxygen atoms in total. The number of aromatic nitrogens is 2. The molecule has 0 aliphatic carbocycles. The van der Waals surface area contributed by atoms with E-state index in [4.69, 9.17) is 4.74 Å². The van der Waals surface area contributed by atoms with Crippen LogP contribution < -0.4 is 5.32 Å². The van der Waals surface area contributed by atoms with E-state index in [-0.39, 0.29) is 0 Å². The van der Waals surface area contributed by atoms with Gasteiger partial charge in [-0.3, -0.25) is 4.57 Å². The zero-order valence-corrected chi connectivity index (χ0v) is 11.2. The number of hydrogen-bond acceptors (Lipinski definition) is 3. The quantitative estimate of drug-likeness (QED) is 0.915. The molecule has 0 saturated carbocycles. The second-order valence-corrected chi connectivity index (χ2v) is 5.02. The molecule has 2 aromatic rings. The maximum atomic E-state index is 5.40. The van der Waals surface area contributed by atoms with Crippen molar-refractivity contribution < 1.29 is 4.74 Å². The number of nitrogens with one attached hydrogen (secondary N) is 1. The molecule has 100 valence electrons. The van der Waals surface area contributed by atoms with Crippen molar-refractivity contribution in [1.29, 1.82) is 0 Å². The number of nitrogens with zero attached hydrogens (tertiary/aromatic N) is 2. The minimum atomic E-state index is 0.598. The molecule has 1 N–H and O–H groups in total. The average molecular weight is 257 g/mol. The van der Waals surface area contributed by atoms with Gasteiger partial charge in [-0.15, -0.1) is 0 Å². The van der Waals surface area contributed by atoms with E-state index in [9.17, 15) is 0 Å².